The van der Waals surface area contributed by atoms with Crippen molar-refractivity contribution in [1.29, 1.82) is 0 Å². The zero-order valence-electron chi connectivity index (χ0n) is 9.20. The van der Waals surface area contributed by atoms with Crippen LogP contribution >= 0.6 is 22.6 Å². The molecule has 2 N–H and O–H groups in total. The lowest BCUT2D eigenvalue weighted by atomic mass is 9.72. The molecule has 84 valence electrons. The first-order valence-corrected chi connectivity index (χ1v) is 7.05. The summed E-state index contributed by atoms with van der Waals surface area (Å²) in [5.74, 6) is 0. The van der Waals surface area contributed by atoms with Gasteiger partial charge in [0, 0.05) is 16.4 Å². The van der Waals surface area contributed by atoms with Crippen LogP contribution in [0.3, 0.4) is 0 Å². The summed E-state index contributed by atoms with van der Waals surface area (Å²) in [5, 5.41) is 0. The van der Waals surface area contributed by atoms with Crippen molar-refractivity contribution in [3.63, 3.8) is 0 Å². The van der Waals surface area contributed by atoms with Crippen molar-refractivity contribution >= 4 is 28.7 Å². The molecule has 1 aliphatic rings. The molecule has 1 aromatic rings. The summed E-state index contributed by atoms with van der Waals surface area (Å²) in [6, 6.07) is 8.54. The third-order valence-electron chi connectivity index (χ3n) is 3.17. The monoisotopic (exact) mass is 325 g/mol. The lowest BCUT2D eigenvalue weighted by Crippen LogP contribution is -2.34. The molecule has 0 spiro atoms. The first-order valence-electron chi connectivity index (χ1n) is 5.52. The smallest absolute Gasteiger partial charge is 0.0295 e. The van der Waals surface area contributed by atoms with Gasteiger partial charge in [0.1, 0.15) is 0 Å². The SMILES string of the molecule is NC[C@]1(/C=C/CI)CC=Cc2ccccc21. The average Bonchev–Trinajstić information content (AvgIpc) is 2.36. The van der Waals surface area contributed by atoms with Crippen LogP contribution in [0.4, 0.5) is 0 Å². The molecular formula is C14H16IN. The van der Waals surface area contributed by atoms with Crippen molar-refractivity contribution in [2.45, 2.75) is 11.8 Å². The zero-order chi connectivity index (χ0) is 11.4. The van der Waals surface area contributed by atoms with Crippen molar-refractivity contribution in [2.24, 2.45) is 5.73 Å². The van der Waals surface area contributed by atoms with E-state index >= 15 is 0 Å². The van der Waals surface area contributed by atoms with Crippen LogP contribution in [0.1, 0.15) is 17.5 Å². The molecule has 0 heterocycles. The molecule has 1 nitrogen and oxygen atoms in total. The van der Waals surface area contributed by atoms with Gasteiger partial charge in [0.15, 0.2) is 0 Å². The lowest BCUT2D eigenvalue weighted by Gasteiger charge is -2.33. The summed E-state index contributed by atoms with van der Waals surface area (Å²) in [7, 11) is 0. The molecule has 1 aromatic carbocycles. The molecule has 1 atom stereocenters. The molecule has 0 amide bonds. The van der Waals surface area contributed by atoms with Crippen LogP contribution in [0.15, 0.2) is 42.5 Å². The average molecular weight is 325 g/mol. The van der Waals surface area contributed by atoms with Crippen LogP contribution in [-0.2, 0) is 5.41 Å². The van der Waals surface area contributed by atoms with E-state index in [4.69, 9.17) is 5.73 Å². The van der Waals surface area contributed by atoms with Crippen molar-refractivity contribution in [2.75, 3.05) is 11.0 Å². The molecule has 0 bridgehead atoms. The molecule has 1 aliphatic carbocycles. The summed E-state index contributed by atoms with van der Waals surface area (Å²) in [6.07, 6.45) is 9.92. The maximum atomic E-state index is 6.01. The lowest BCUT2D eigenvalue weighted by molar-refractivity contribution is 0.549. The molecular weight excluding hydrogens is 309 g/mol. The highest BCUT2D eigenvalue weighted by Crippen LogP contribution is 2.36. The van der Waals surface area contributed by atoms with Crippen LogP contribution < -0.4 is 5.73 Å². The predicted molar refractivity (Wildman–Crippen MR) is 78.9 cm³/mol. The molecule has 0 saturated carbocycles. The first kappa shape index (κ1) is 11.9. The predicted octanol–water partition coefficient (Wildman–Crippen LogP) is 3.29. The van der Waals surface area contributed by atoms with Crippen LogP contribution in [0.2, 0.25) is 0 Å². The Kier molecular flexibility index (Phi) is 3.82. The molecule has 2 heteroatoms. The second-order valence-corrected chi connectivity index (χ2v) is 4.99. The van der Waals surface area contributed by atoms with Crippen LogP contribution in [0.5, 0.6) is 0 Å². The van der Waals surface area contributed by atoms with E-state index in [-0.39, 0.29) is 5.41 Å². The number of fused-ring (bicyclic) bond motifs is 1. The quantitative estimate of drug-likeness (QED) is 0.515. The number of rotatable bonds is 3. The Morgan fingerprint density at radius 2 is 2.19 bits per heavy atom. The molecule has 0 saturated heterocycles. The van der Waals surface area contributed by atoms with E-state index in [0.717, 1.165) is 10.8 Å². The third kappa shape index (κ3) is 2.09. The molecule has 0 unspecified atom stereocenters. The Hall–Kier alpha value is -0.610. The topological polar surface area (TPSA) is 26.0 Å². The van der Waals surface area contributed by atoms with Crippen molar-refractivity contribution in [3.05, 3.63) is 53.6 Å². The zero-order valence-corrected chi connectivity index (χ0v) is 11.4. The van der Waals surface area contributed by atoms with E-state index < -0.39 is 0 Å². The van der Waals surface area contributed by atoms with Gasteiger partial charge in [0.05, 0.1) is 0 Å². The van der Waals surface area contributed by atoms with E-state index in [1.807, 2.05) is 0 Å². The highest BCUT2D eigenvalue weighted by molar-refractivity contribution is 14.1. The summed E-state index contributed by atoms with van der Waals surface area (Å²) < 4.78 is 1.03. The third-order valence-corrected chi connectivity index (χ3v) is 3.68. The number of alkyl halides is 1. The van der Waals surface area contributed by atoms with Gasteiger partial charge < -0.3 is 5.73 Å². The summed E-state index contributed by atoms with van der Waals surface area (Å²) in [4.78, 5) is 0. The Bertz CT molecular complexity index is 422. The van der Waals surface area contributed by atoms with Gasteiger partial charge in [-0.25, -0.2) is 0 Å². The summed E-state index contributed by atoms with van der Waals surface area (Å²) in [6.45, 7) is 0.668. The van der Waals surface area contributed by atoms with Crippen LogP contribution in [0.25, 0.3) is 6.08 Å². The van der Waals surface area contributed by atoms with E-state index in [2.05, 4.69) is 71.2 Å². The number of halogens is 1. The van der Waals surface area contributed by atoms with Gasteiger partial charge in [0.25, 0.3) is 0 Å². The Morgan fingerprint density at radius 3 is 2.94 bits per heavy atom. The molecule has 16 heavy (non-hydrogen) atoms. The second-order valence-electron chi connectivity index (χ2n) is 4.11. The molecule has 2 rings (SSSR count). The van der Waals surface area contributed by atoms with Gasteiger partial charge in [-0.1, -0.05) is 71.2 Å². The van der Waals surface area contributed by atoms with Gasteiger partial charge in [-0.3, -0.25) is 0 Å². The minimum atomic E-state index is 0.0104. The van der Waals surface area contributed by atoms with Gasteiger partial charge in [-0.15, -0.1) is 0 Å². The highest BCUT2D eigenvalue weighted by Gasteiger charge is 2.30. The summed E-state index contributed by atoms with van der Waals surface area (Å²) in [5.41, 5.74) is 8.68. The number of benzene rings is 1. The van der Waals surface area contributed by atoms with Crippen molar-refractivity contribution in [1.82, 2.24) is 0 Å². The fourth-order valence-electron chi connectivity index (χ4n) is 2.29. The Labute approximate surface area is 111 Å². The Morgan fingerprint density at radius 1 is 1.38 bits per heavy atom. The minimum absolute atomic E-state index is 0.0104. The summed E-state index contributed by atoms with van der Waals surface area (Å²) >= 11 is 2.36. The fraction of sp³-hybridized carbons (Fsp3) is 0.286. The molecule has 0 aromatic heterocycles. The number of hydrogen-bond donors (Lipinski definition) is 1. The van der Waals surface area contributed by atoms with Gasteiger partial charge >= 0.3 is 0 Å². The molecule has 0 fully saturated rings. The fourth-order valence-corrected chi connectivity index (χ4v) is 2.55. The second kappa shape index (κ2) is 5.15. The van der Waals surface area contributed by atoms with Gasteiger partial charge in [-0.05, 0) is 17.5 Å². The van der Waals surface area contributed by atoms with E-state index in [1.165, 1.54) is 11.1 Å². The van der Waals surface area contributed by atoms with E-state index in [9.17, 15) is 0 Å². The minimum Gasteiger partial charge on any atom is -0.329 e. The number of nitrogens with two attached hydrogens (primary N) is 1. The maximum absolute atomic E-state index is 6.01. The molecule has 0 radical (unpaired) electrons. The van der Waals surface area contributed by atoms with Crippen LogP contribution in [0, 0.1) is 0 Å². The van der Waals surface area contributed by atoms with E-state index in [0.29, 0.717) is 6.54 Å². The Balaban J connectivity index is 2.49. The molecule has 0 aliphatic heterocycles. The van der Waals surface area contributed by atoms with Crippen molar-refractivity contribution in [3.8, 4) is 0 Å². The van der Waals surface area contributed by atoms with Gasteiger partial charge in [-0.2, -0.15) is 0 Å². The number of allylic oxidation sites excluding steroid dienone is 2. The first-order chi connectivity index (χ1) is 7.82. The number of hydrogen-bond acceptors (Lipinski definition) is 1. The van der Waals surface area contributed by atoms with Crippen molar-refractivity contribution < 1.29 is 0 Å². The standard InChI is InChI=1S/C14H16IN/c15-10-4-9-14(11-16)8-3-6-12-5-1-2-7-13(12)14/h1-7,9H,8,10-11,16H2/b9-4+/t14-/m1/s1. The normalized spacial score (nSPS) is 23.6. The van der Waals surface area contributed by atoms with Crippen LogP contribution in [-0.4, -0.2) is 11.0 Å². The van der Waals surface area contributed by atoms with Gasteiger partial charge in [0.2, 0.25) is 0 Å². The highest BCUT2D eigenvalue weighted by atomic mass is 127. The maximum Gasteiger partial charge on any atom is 0.0295 e. The largest absolute Gasteiger partial charge is 0.329 e. The van der Waals surface area contributed by atoms with E-state index in [1.54, 1.807) is 0 Å².